The number of aliphatic imine (C=N–C) groups is 1. The summed E-state index contributed by atoms with van der Waals surface area (Å²) in [5.41, 5.74) is 0.942. The van der Waals surface area contributed by atoms with Gasteiger partial charge in [-0.1, -0.05) is 13.8 Å². The second-order valence-corrected chi connectivity index (χ2v) is 2.19. The first-order chi connectivity index (χ1) is 4.30. The second-order valence-electron chi connectivity index (χ2n) is 2.19. The molecule has 0 atom stereocenters. The van der Waals surface area contributed by atoms with E-state index in [-0.39, 0.29) is 0 Å². The zero-order valence-corrected chi connectivity index (χ0v) is 5.59. The largest absolute Gasteiger partial charge is 0.461 e. The SMILES string of the molecule is CC(C)C1=COC=C=N1. The highest BCUT2D eigenvalue weighted by molar-refractivity contribution is 5.53. The zero-order chi connectivity index (χ0) is 6.69. The van der Waals surface area contributed by atoms with Crippen LogP contribution in [0.5, 0.6) is 0 Å². The van der Waals surface area contributed by atoms with Crippen LogP contribution in [0.1, 0.15) is 13.8 Å². The van der Waals surface area contributed by atoms with Crippen LogP contribution in [-0.4, -0.2) is 5.87 Å². The van der Waals surface area contributed by atoms with E-state index in [0.717, 1.165) is 5.70 Å². The van der Waals surface area contributed by atoms with E-state index in [1.165, 1.54) is 6.26 Å². The molecule has 0 aromatic rings. The Labute approximate surface area is 54.6 Å². The molecule has 1 rings (SSSR count). The lowest BCUT2D eigenvalue weighted by Gasteiger charge is -2.04. The van der Waals surface area contributed by atoms with Gasteiger partial charge in [0, 0.05) is 5.87 Å². The average Bonchev–Trinajstić information content (AvgIpc) is 1.90. The highest BCUT2D eigenvalue weighted by atomic mass is 16.5. The summed E-state index contributed by atoms with van der Waals surface area (Å²) in [5, 5.41) is 0. The van der Waals surface area contributed by atoms with E-state index in [1.54, 1.807) is 6.26 Å². The number of hydrogen-bond acceptors (Lipinski definition) is 2. The summed E-state index contributed by atoms with van der Waals surface area (Å²) >= 11 is 0. The minimum Gasteiger partial charge on any atom is -0.461 e. The van der Waals surface area contributed by atoms with Crippen LogP contribution in [-0.2, 0) is 4.74 Å². The van der Waals surface area contributed by atoms with Crippen LogP contribution in [0.2, 0.25) is 0 Å². The van der Waals surface area contributed by atoms with Gasteiger partial charge < -0.3 is 4.74 Å². The maximum absolute atomic E-state index is 4.85. The molecule has 1 heterocycles. The standard InChI is InChI=1S/C7H9NO/c1-6(2)7-5-9-4-3-8-7/h4-6H,1-2H3. The van der Waals surface area contributed by atoms with Crippen molar-refractivity contribution in [3.63, 3.8) is 0 Å². The molecule has 0 N–H and O–H groups in total. The zero-order valence-electron chi connectivity index (χ0n) is 5.59. The van der Waals surface area contributed by atoms with Crippen LogP contribution < -0.4 is 0 Å². The molecule has 0 saturated heterocycles. The summed E-state index contributed by atoms with van der Waals surface area (Å²) in [6, 6.07) is 0. The van der Waals surface area contributed by atoms with Crippen LogP contribution in [0.25, 0.3) is 0 Å². The summed E-state index contributed by atoms with van der Waals surface area (Å²) in [4.78, 5) is 3.96. The molecule has 0 aromatic heterocycles. The van der Waals surface area contributed by atoms with E-state index in [1.807, 2.05) is 0 Å². The van der Waals surface area contributed by atoms with Crippen molar-refractivity contribution in [3.8, 4) is 0 Å². The fourth-order valence-corrected chi connectivity index (χ4v) is 0.527. The van der Waals surface area contributed by atoms with Crippen molar-refractivity contribution in [2.24, 2.45) is 10.9 Å². The lowest BCUT2D eigenvalue weighted by Crippen LogP contribution is -1.93. The van der Waals surface area contributed by atoms with Crippen molar-refractivity contribution >= 4 is 5.87 Å². The molecule has 0 radical (unpaired) electrons. The minimum absolute atomic E-state index is 0.422. The molecule has 2 heteroatoms. The Morgan fingerprint density at radius 1 is 1.67 bits per heavy atom. The summed E-state index contributed by atoms with van der Waals surface area (Å²) < 4.78 is 4.85. The highest BCUT2D eigenvalue weighted by Gasteiger charge is 2.01. The van der Waals surface area contributed by atoms with Crippen molar-refractivity contribution in [1.82, 2.24) is 0 Å². The van der Waals surface area contributed by atoms with Gasteiger partial charge in [0.15, 0.2) is 6.26 Å². The Kier molecular flexibility index (Phi) is 1.71. The van der Waals surface area contributed by atoms with Crippen LogP contribution in [0.4, 0.5) is 0 Å². The monoisotopic (exact) mass is 123 g/mol. The summed E-state index contributed by atoms with van der Waals surface area (Å²) in [6.45, 7) is 4.12. The lowest BCUT2D eigenvalue weighted by atomic mass is 10.2. The van der Waals surface area contributed by atoms with Gasteiger partial charge in [0.2, 0.25) is 0 Å². The van der Waals surface area contributed by atoms with E-state index in [9.17, 15) is 0 Å². The number of ether oxygens (including phenoxy) is 1. The van der Waals surface area contributed by atoms with E-state index < -0.39 is 0 Å². The Balaban J connectivity index is 2.72. The van der Waals surface area contributed by atoms with Gasteiger partial charge in [-0.25, -0.2) is 4.99 Å². The molecule has 0 aromatic carbocycles. The van der Waals surface area contributed by atoms with Gasteiger partial charge in [-0.3, -0.25) is 0 Å². The number of nitrogens with zero attached hydrogens (tertiary/aromatic N) is 1. The van der Waals surface area contributed by atoms with Gasteiger partial charge in [-0.15, -0.1) is 0 Å². The van der Waals surface area contributed by atoms with Gasteiger partial charge in [-0.2, -0.15) is 0 Å². The predicted octanol–water partition coefficient (Wildman–Crippen LogP) is 1.70. The van der Waals surface area contributed by atoms with Crippen molar-refractivity contribution < 1.29 is 4.74 Å². The predicted molar refractivity (Wildman–Crippen MR) is 36.0 cm³/mol. The van der Waals surface area contributed by atoms with Gasteiger partial charge in [-0.05, 0) is 5.92 Å². The molecule has 48 valence electrons. The van der Waals surface area contributed by atoms with Gasteiger partial charge >= 0.3 is 0 Å². The Morgan fingerprint density at radius 3 is 2.78 bits per heavy atom. The Hall–Kier alpha value is -1.01. The molecule has 0 bridgehead atoms. The Morgan fingerprint density at radius 2 is 2.44 bits per heavy atom. The lowest BCUT2D eigenvalue weighted by molar-refractivity contribution is 0.393. The third-order valence-corrected chi connectivity index (χ3v) is 1.09. The summed E-state index contributed by atoms with van der Waals surface area (Å²) in [6.07, 6.45) is 3.08. The van der Waals surface area contributed by atoms with E-state index in [0.29, 0.717) is 5.92 Å². The third kappa shape index (κ3) is 1.44. The second kappa shape index (κ2) is 2.51. The molecule has 0 spiro atoms. The molecular weight excluding hydrogens is 114 g/mol. The molecule has 0 fully saturated rings. The highest BCUT2D eigenvalue weighted by Crippen LogP contribution is 2.11. The van der Waals surface area contributed by atoms with E-state index >= 15 is 0 Å². The minimum atomic E-state index is 0.422. The summed E-state index contributed by atoms with van der Waals surface area (Å²) in [5.74, 6) is 3.05. The number of hydrogen-bond donors (Lipinski definition) is 0. The van der Waals surface area contributed by atoms with Crippen molar-refractivity contribution in [2.75, 3.05) is 0 Å². The van der Waals surface area contributed by atoms with Crippen LogP contribution in [0.3, 0.4) is 0 Å². The summed E-state index contributed by atoms with van der Waals surface area (Å²) in [7, 11) is 0. The first kappa shape index (κ1) is 6.12. The van der Waals surface area contributed by atoms with Gasteiger partial charge in [0.25, 0.3) is 0 Å². The topological polar surface area (TPSA) is 21.6 Å². The maximum atomic E-state index is 4.85. The fraction of sp³-hybridized carbons (Fsp3) is 0.429. The smallest absolute Gasteiger partial charge is 0.151 e. The number of allylic oxidation sites excluding steroid dienone is 1. The maximum Gasteiger partial charge on any atom is 0.151 e. The number of rotatable bonds is 1. The molecule has 1 aliphatic rings. The fourth-order valence-electron chi connectivity index (χ4n) is 0.527. The third-order valence-electron chi connectivity index (χ3n) is 1.09. The molecular formula is C7H9NO. The van der Waals surface area contributed by atoms with E-state index in [4.69, 9.17) is 4.74 Å². The van der Waals surface area contributed by atoms with E-state index in [2.05, 4.69) is 24.7 Å². The molecule has 1 aliphatic heterocycles. The van der Waals surface area contributed by atoms with Crippen LogP contribution in [0.15, 0.2) is 23.2 Å². The molecule has 0 amide bonds. The average molecular weight is 123 g/mol. The van der Waals surface area contributed by atoms with Crippen LogP contribution in [0, 0.1) is 5.92 Å². The van der Waals surface area contributed by atoms with Crippen molar-refractivity contribution in [2.45, 2.75) is 13.8 Å². The molecule has 0 aliphatic carbocycles. The molecule has 2 nitrogen and oxygen atoms in total. The normalized spacial score (nSPS) is 15.7. The molecule has 0 saturated carbocycles. The first-order valence-electron chi connectivity index (χ1n) is 2.94. The first-order valence-corrected chi connectivity index (χ1v) is 2.94. The molecule has 0 unspecified atom stereocenters. The molecule has 9 heavy (non-hydrogen) atoms. The van der Waals surface area contributed by atoms with Crippen molar-refractivity contribution in [3.05, 3.63) is 18.2 Å². The van der Waals surface area contributed by atoms with Gasteiger partial charge in [0.1, 0.15) is 6.26 Å². The quantitative estimate of drug-likeness (QED) is 0.520. The van der Waals surface area contributed by atoms with Crippen LogP contribution >= 0.6 is 0 Å². The van der Waals surface area contributed by atoms with Crippen molar-refractivity contribution in [1.29, 1.82) is 0 Å². The van der Waals surface area contributed by atoms with Gasteiger partial charge in [0.05, 0.1) is 5.70 Å². The Bertz CT molecular complexity index is 185.